The van der Waals surface area contributed by atoms with Crippen molar-refractivity contribution < 1.29 is 9.47 Å². The number of nitrogen functional groups attached to an aromatic ring is 1. The first kappa shape index (κ1) is 12.3. The lowest BCUT2D eigenvalue weighted by Gasteiger charge is -2.09. The van der Waals surface area contributed by atoms with Gasteiger partial charge in [-0.05, 0) is 36.4 Å². The molecule has 2 N–H and O–H groups in total. The van der Waals surface area contributed by atoms with E-state index >= 15 is 0 Å². The SMILES string of the molecule is COc1ccccc1Oc1ccc2cc(N)ccc2n1. The van der Waals surface area contributed by atoms with Crippen LogP contribution < -0.4 is 15.2 Å². The molecule has 0 atom stereocenters. The van der Waals surface area contributed by atoms with Crippen LogP contribution in [0.15, 0.2) is 54.6 Å². The van der Waals surface area contributed by atoms with E-state index in [1.54, 1.807) is 7.11 Å². The van der Waals surface area contributed by atoms with Crippen molar-refractivity contribution in [2.24, 2.45) is 0 Å². The quantitative estimate of drug-likeness (QED) is 0.736. The molecule has 0 aliphatic heterocycles. The van der Waals surface area contributed by atoms with Gasteiger partial charge in [-0.25, -0.2) is 4.98 Å². The lowest BCUT2D eigenvalue weighted by atomic mass is 10.2. The van der Waals surface area contributed by atoms with Gasteiger partial charge in [0.1, 0.15) is 0 Å². The van der Waals surface area contributed by atoms with Crippen LogP contribution in [0.1, 0.15) is 0 Å². The highest BCUT2D eigenvalue weighted by Gasteiger charge is 2.06. The minimum absolute atomic E-state index is 0.520. The van der Waals surface area contributed by atoms with Crippen LogP contribution in [0.5, 0.6) is 17.4 Å². The number of hydrogen-bond donors (Lipinski definition) is 1. The summed E-state index contributed by atoms with van der Waals surface area (Å²) in [7, 11) is 1.61. The topological polar surface area (TPSA) is 57.4 Å². The number of hydrogen-bond acceptors (Lipinski definition) is 4. The van der Waals surface area contributed by atoms with Gasteiger partial charge in [0.25, 0.3) is 0 Å². The Labute approximate surface area is 116 Å². The van der Waals surface area contributed by atoms with Gasteiger partial charge in [0, 0.05) is 17.1 Å². The maximum Gasteiger partial charge on any atom is 0.219 e. The molecule has 0 saturated heterocycles. The molecular formula is C16H14N2O2. The van der Waals surface area contributed by atoms with Gasteiger partial charge in [-0.1, -0.05) is 12.1 Å². The molecule has 2 aromatic carbocycles. The number of rotatable bonds is 3. The first-order chi connectivity index (χ1) is 9.76. The zero-order valence-electron chi connectivity index (χ0n) is 11.0. The molecule has 1 aromatic heterocycles. The minimum atomic E-state index is 0.520. The monoisotopic (exact) mass is 266 g/mol. The van der Waals surface area contributed by atoms with Crippen LogP contribution in [-0.4, -0.2) is 12.1 Å². The normalized spacial score (nSPS) is 10.4. The van der Waals surface area contributed by atoms with Crippen LogP contribution in [0.25, 0.3) is 10.9 Å². The van der Waals surface area contributed by atoms with Gasteiger partial charge in [0.15, 0.2) is 11.5 Å². The Hall–Kier alpha value is -2.75. The predicted octanol–water partition coefficient (Wildman–Crippen LogP) is 3.62. The number of ether oxygens (including phenoxy) is 2. The van der Waals surface area contributed by atoms with Crippen molar-refractivity contribution in [2.45, 2.75) is 0 Å². The van der Waals surface area contributed by atoms with Gasteiger partial charge >= 0.3 is 0 Å². The highest BCUT2D eigenvalue weighted by molar-refractivity contribution is 5.82. The molecule has 4 heteroatoms. The molecule has 4 nitrogen and oxygen atoms in total. The Kier molecular flexibility index (Phi) is 3.13. The number of benzene rings is 2. The number of nitrogens with two attached hydrogens (primary N) is 1. The average Bonchev–Trinajstić information content (AvgIpc) is 2.48. The molecule has 0 spiro atoms. The molecule has 0 saturated carbocycles. The summed E-state index contributed by atoms with van der Waals surface area (Å²) in [6.07, 6.45) is 0. The molecule has 0 radical (unpaired) electrons. The Morgan fingerprint density at radius 3 is 2.55 bits per heavy atom. The van der Waals surface area contributed by atoms with Crippen molar-refractivity contribution in [3.05, 3.63) is 54.6 Å². The van der Waals surface area contributed by atoms with Gasteiger partial charge in [-0.15, -0.1) is 0 Å². The minimum Gasteiger partial charge on any atom is -0.493 e. The Balaban J connectivity index is 1.96. The summed E-state index contributed by atoms with van der Waals surface area (Å²) in [4.78, 5) is 4.45. The fraction of sp³-hybridized carbons (Fsp3) is 0.0625. The van der Waals surface area contributed by atoms with E-state index in [1.165, 1.54) is 0 Å². The molecule has 0 aliphatic rings. The summed E-state index contributed by atoms with van der Waals surface area (Å²) in [5.74, 6) is 1.83. The zero-order chi connectivity index (χ0) is 13.9. The van der Waals surface area contributed by atoms with Crippen LogP contribution in [0.2, 0.25) is 0 Å². The molecule has 1 heterocycles. The number of para-hydroxylation sites is 2. The molecule has 0 fully saturated rings. The van der Waals surface area contributed by atoms with E-state index in [4.69, 9.17) is 15.2 Å². The lowest BCUT2D eigenvalue weighted by Crippen LogP contribution is -1.92. The number of methoxy groups -OCH3 is 1. The van der Waals surface area contributed by atoms with E-state index in [9.17, 15) is 0 Å². The summed E-state index contributed by atoms with van der Waals surface area (Å²) in [6, 6.07) is 16.8. The second-order valence-corrected chi connectivity index (χ2v) is 4.35. The molecule has 100 valence electrons. The number of pyridine rings is 1. The number of aromatic nitrogens is 1. The standard InChI is InChI=1S/C16H14N2O2/c1-19-14-4-2-3-5-15(14)20-16-9-6-11-10-12(17)7-8-13(11)18-16/h2-10H,17H2,1H3. The fourth-order valence-electron chi connectivity index (χ4n) is 2.00. The highest BCUT2D eigenvalue weighted by Crippen LogP contribution is 2.30. The first-order valence-electron chi connectivity index (χ1n) is 6.23. The van der Waals surface area contributed by atoms with Crippen LogP contribution in [0, 0.1) is 0 Å². The zero-order valence-corrected chi connectivity index (χ0v) is 11.0. The second-order valence-electron chi connectivity index (χ2n) is 4.35. The molecule has 0 amide bonds. The van der Waals surface area contributed by atoms with E-state index in [-0.39, 0.29) is 0 Å². The van der Waals surface area contributed by atoms with Crippen molar-refractivity contribution in [1.82, 2.24) is 4.98 Å². The number of nitrogens with zero attached hydrogens (tertiary/aromatic N) is 1. The molecular weight excluding hydrogens is 252 g/mol. The molecule has 20 heavy (non-hydrogen) atoms. The Bertz CT molecular complexity index is 756. The molecule has 0 unspecified atom stereocenters. The van der Waals surface area contributed by atoms with Crippen molar-refractivity contribution in [3.63, 3.8) is 0 Å². The molecule has 0 bridgehead atoms. The van der Waals surface area contributed by atoms with Crippen molar-refractivity contribution in [2.75, 3.05) is 12.8 Å². The number of fused-ring (bicyclic) bond motifs is 1. The largest absolute Gasteiger partial charge is 0.493 e. The summed E-state index contributed by atoms with van der Waals surface area (Å²) in [5, 5.41) is 0.984. The van der Waals surface area contributed by atoms with E-state index < -0.39 is 0 Å². The summed E-state index contributed by atoms with van der Waals surface area (Å²) in [6.45, 7) is 0. The maximum absolute atomic E-state index is 5.77. The van der Waals surface area contributed by atoms with Crippen molar-refractivity contribution in [1.29, 1.82) is 0 Å². The predicted molar refractivity (Wildman–Crippen MR) is 79.2 cm³/mol. The van der Waals surface area contributed by atoms with Crippen LogP contribution in [0.4, 0.5) is 5.69 Å². The second kappa shape index (κ2) is 5.09. The van der Waals surface area contributed by atoms with Crippen LogP contribution in [0.3, 0.4) is 0 Å². The van der Waals surface area contributed by atoms with Crippen molar-refractivity contribution in [3.8, 4) is 17.4 Å². The van der Waals surface area contributed by atoms with Gasteiger partial charge in [0.2, 0.25) is 5.88 Å². The third-order valence-corrected chi connectivity index (χ3v) is 2.97. The third kappa shape index (κ3) is 2.36. The Morgan fingerprint density at radius 2 is 1.75 bits per heavy atom. The number of anilines is 1. The van der Waals surface area contributed by atoms with Gasteiger partial charge in [-0.2, -0.15) is 0 Å². The van der Waals surface area contributed by atoms with Gasteiger partial charge in [-0.3, -0.25) is 0 Å². The lowest BCUT2D eigenvalue weighted by molar-refractivity contribution is 0.374. The van der Waals surface area contributed by atoms with Crippen molar-refractivity contribution >= 4 is 16.6 Å². The van der Waals surface area contributed by atoms with E-state index in [1.807, 2.05) is 54.6 Å². The highest BCUT2D eigenvalue weighted by atomic mass is 16.5. The summed E-state index contributed by atoms with van der Waals surface area (Å²) >= 11 is 0. The molecule has 3 aromatic rings. The summed E-state index contributed by atoms with van der Waals surface area (Å²) < 4.78 is 11.0. The summed E-state index contributed by atoms with van der Waals surface area (Å²) in [5.41, 5.74) is 7.31. The van der Waals surface area contributed by atoms with Crippen LogP contribution in [-0.2, 0) is 0 Å². The third-order valence-electron chi connectivity index (χ3n) is 2.97. The molecule has 0 aliphatic carbocycles. The molecule has 3 rings (SSSR count). The average molecular weight is 266 g/mol. The van der Waals surface area contributed by atoms with Gasteiger partial charge in [0.05, 0.1) is 12.6 Å². The fourth-order valence-corrected chi connectivity index (χ4v) is 2.00. The first-order valence-corrected chi connectivity index (χ1v) is 6.23. The maximum atomic E-state index is 5.77. The van der Waals surface area contributed by atoms with Crippen LogP contribution >= 0.6 is 0 Å². The van der Waals surface area contributed by atoms with Gasteiger partial charge < -0.3 is 15.2 Å². The Morgan fingerprint density at radius 1 is 0.950 bits per heavy atom. The van der Waals surface area contributed by atoms with E-state index in [0.717, 1.165) is 16.6 Å². The van der Waals surface area contributed by atoms with E-state index in [2.05, 4.69) is 4.98 Å². The smallest absolute Gasteiger partial charge is 0.219 e. The van der Waals surface area contributed by atoms with E-state index in [0.29, 0.717) is 17.4 Å².